The lowest BCUT2D eigenvalue weighted by Gasteiger charge is -2.46. The van der Waals surface area contributed by atoms with Crippen LogP contribution in [0.3, 0.4) is 0 Å². The first-order valence-electron chi connectivity index (χ1n) is 8.11. The van der Waals surface area contributed by atoms with Gasteiger partial charge in [0.2, 0.25) is 0 Å². The molecule has 0 saturated heterocycles. The molecule has 3 rings (SSSR count). The van der Waals surface area contributed by atoms with Crippen molar-refractivity contribution >= 4 is 0 Å². The first-order valence-corrected chi connectivity index (χ1v) is 8.11. The molecule has 3 saturated carbocycles. The highest BCUT2D eigenvalue weighted by atomic mass is 15.0. The summed E-state index contributed by atoms with van der Waals surface area (Å²) in [5.74, 6) is 2.07. The third kappa shape index (κ3) is 3.10. The Morgan fingerprint density at radius 3 is 1.67 bits per heavy atom. The molecular weight excluding hydrogens is 218 g/mol. The van der Waals surface area contributed by atoms with E-state index in [0.29, 0.717) is 10.8 Å². The molecule has 3 aliphatic carbocycles. The van der Waals surface area contributed by atoms with Gasteiger partial charge in [-0.2, -0.15) is 0 Å². The second-order valence-corrected chi connectivity index (χ2v) is 8.98. The Morgan fingerprint density at radius 1 is 0.833 bits per heavy atom. The first-order chi connectivity index (χ1) is 8.35. The van der Waals surface area contributed by atoms with E-state index in [4.69, 9.17) is 0 Å². The summed E-state index contributed by atoms with van der Waals surface area (Å²) in [6.45, 7) is 9.86. The predicted molar refractivity (Wildman–Crippen MR) is 77.6 cm³/mol. The van der Waals surface area contributed by atoms with Gasteiger partial charge in [-0.25, -0.2) is 0 Å². The van der Waals surface area contributed by atoms with Crippen molar-refractivity contribution in [1.82, 2.24) is 5.32 Å². The minimum atomic E-state index is 0.525. The minimum absolute atomic E-state index is 0.525. The van der Waals surface area contributed by atoms with Crippen LogP contribution in [-0.4, -0.2) is 12.1 Å². The van der Waals surface area contributed by atoms with Gasteiger partial charge in [-0.05, 0) is 67.6 Å². The molecule has 3 fully saturated rings. The summed E-state index contributed by atoms with van der Waals surface area (Å²) in [6, 6.07) is 1.65. The van der Waals surface area contributed by atoms with Crippen molar-refractivity contribution in [3.05, 3.63) is 0 Å². The molecule has 0 spiro atoms. The van der Waals surface area contributed by atoms with Crippen LogP contribution in [0.15, 0.2) is 0 Å². The summed E-state index contributed by atoms with van der Waals surface area (Å²) in [5.41, 5.74) is 1.05. The summed E-state index contributed by atoms with van der Waals surface area (Å²) in [4.78, 5) is 0. The van der Waals surface area contributed by atoms with Crippen molar-refractivity contribution < 1.29 is 0 Å². The van der Waals surface area contributed by atoms with E-state index in [1.54, 1.807) is 0 Å². The summed E-state index contributed by atoms with van der Waals surface area (Å²) in [7, 11) is 0. The molecule has 0 amide bonds. The lowest BCUT2D eigenvalue weighted by Crippen LogP contribution is -2.48. The topological polar surface area (TPSA) is 12.0 Å². The van der Waals surface area contributed by atoms with Crippen LogP contribution in [-0.2, 0) is 0 Å². The Morgan fingerprint density at radius 2 is 1.28 bits per heavy atom. The van der Waals surface area contributed by atoms with Crippen LogP contribution < -0.4 is 5.32 Å². The zero-order valence-electron chi connectivity index (χ0n) is 12.8. The molecule has 0 unspecified atom stereocenters. The first kappa shape index (κ1) is 13.0. The molecule has 104 valence electrons. The van der Waals surface area contributed by atoms with E-state index in [1.165, 1.54) is 44.9 Å². The molecule has 0 radical (unpaired) electrons. The highest BCUT2D eigenvalue weighted by molar-refractivity contribution is 5.00. The average Bonchev–Trinajstić information content (AvgIpc) is 3.04. The number of hydrogen-bond acceptors (Lipinski definition) is 1. The van der Waals surface area contributed by atoms with Crippen LogP contribution >= 0.6 is 0 Å². The Hall–Kier alpha value is -0.0400. The molecule has 1 nitrogen and oxygen atoms in total. The SMILES string of the molecule is CC1(C)CC(NC(C2CC2)C2CC2)CC(C)(C)C1. The van der Waals surface area contributed by atoms with Gasteiger partial charge in [-0.15, -0.1) is 0 Å². The van der Waals surface area contributed by atoms with Crippen LogP contribution in [0.2, 0.25) is 0 Å². The van der Waals surface area contributed by atoms with Crippen LogP contribution in [0, 0.1) is 22.7 Å². The minimum Gasteiger partial charge on any atom is -0.311 e. The zero-order valence-corrected chi connectivity index (χ0v) is 12.8. The Bertz CT molecular complexity index is 282. The summed E-state index contributed by atoms with van der Waals surface area (Å²) < 4.78 is 0. The van der Waals surface area contributed by atoms with Crippen LogP contribution in [0.4, 0.5) is 0 Å². The van der Waals surface area contributed by atoms with Gasteiger partial charge in [0.05, 0.1) is 0 Å². The molecule has 0 bridgehead atoms. The molecule has 0 aromatic rings. The molecule has 0 aromatic carbocycles. The highest BCUT2D eigenvalue weighted by Gasteiger charge is 2.45. The number of rotatable bonds is 4. The van der Waals surface area contributed by atoms with Gasteiger partial charge < -0.3 is 5.32 Å². The van der Waals surface area contributed by atoms with Crippen molar-refractivity contribution in [2.45, 2.75) is 84.7 Å². The quantitative estimate of drug-likeness (QED) is 0.780. The van der Waals surface area contributed by atoms with Crippen LogP contribution in [0.1, 0.15) is 72.6 Å². The highest BCUT2D eigenvalue weighted by Crippen LogP contribution is 2.48. The van der Waals surface area contributed by atoms with Crippen molar-refractivity contribution in [3.8, 4) is 0 Å². The van der Waals surface area contributed by atoms with E-state index in [1.807, 2.05) is 0 Å². The second-order valence-electron chi connectivity index (χ2n) is 8.98. The molecule has 3 aliphatic rings. The molecular formula is C17H31N. The smallest absolute Gasteiger partial charge is 0.0126 e. The van der Waals surface area contributed by atoms with Gasteiger partial charge >= 0.3 is 0 Å². The largest absolute Gasteiger partial charge is 0.311 e. The molecule has 0 aliphatic heterocycles. The fraction of sp³-hybridized carbons (Fsp3) is 1.00. The predicted octanol–water partition coefficient (Wildman–Crippen LogP) is 4.37. The maximum atomic E-state index is 4.09. The van der Waals surface area contributed by atoms with E-state index >= 15 is 0 Å². The van der Waals surface area contributed by atoms with Gasteiger partial charge in [0.1, 0.15) is 0 Å². The van der Waals surface area contributed by atoms with Crippen molar-refractivity contribution in [2.24, 2.45) is 22.7 Å². The van der Waals surface area contributed by atoms with Crippen LogP contribution in [0.25, 0.3) is 0 Å². The molecule has 1 N–H and O–H groups in total. The van der Waals surface area contributed by atoms with Crippen LogP contribution in [0.5, 0.6) is 0 Å². The molecule has 0 atom stereocenters. The Kier molecular flexibility index (Phi) is 3.05. The lowest BCUT2D eigenvalue weighted by atomic mass is 9.63. The third-order valence-corrected chi connectivity index (χ3v) is 5.24. The molecule has 18 heavy (non-hydrogen) atoms. The van der Waals surface area contributed by atoms with Gasteiger partial charge in [0, 0.05) is 12.1 Å². The summed E-state index contributed by atoms with van der Waals surface area (Å²) >= 11 is 0. The van der Waals surface area contributed by atoms with Gasteiger partial charge in [0.15, 0.2) is 0 Å². The zero-order chi connectivity index (χ0) is 13.0. The average molecular weight is 249 g/mol. The van der Waals surface area contributed by atoms with Gasteiger partial charge in [0.25, 0.3) is 0 Å². The van der Waals surface area contributed by atoms with E-state index in [2.05, 4.69) is 33.0 Å². The normalized spacial score (nSPS) is 31.8. The number of nitrogens with one attached hydrogen (secondary N) is 1. The van der Waals surface area contributed by atoms with Crippen molar-refractivity contribution in [1.29, 1.82) is 0 Å². The standard InChI is InChI=1S/C17H31N/c1-16(2)9-14(10-17(3,4)11-16)18-15(12-5-6-12)13-7-8-13/h12-15,18H,5-11H2,1-4H3. The van der Waals surface area contributed by atoms with Gasteiger partial charge in [-0.3, -0.25) is 0 Å². The lowest BCUT2D eigenvalue weighted by molar-refractivity contribution is 0.0772. The fourth-order valence-corrected chi connectivity index (χ4v) is 4.80. The summed E-state index contributed by atoms with van der Waals surface area (Å²) in [6.07, 6.45) is 10.1. The van der Waals surface area contributed by atoms with Crippen molar-refractivity contribution in [2.75, 3.05) is 0 Å². The van der Waals surface area contributed by atoms with E-state index in [0.717, 1.165) is 23.9 Å². The van der Waals surface area contributed by atoms with E-state index in [9.17, 15) is 0 Å². The summed E-state index contributed by atoms with van der Waals surface area (Å²) in [5, 5.41) is 4.09. The fourth-order valence-electron chi connectivity index (χ4n) is 4.80. The number of hydrogen-bond donors (Lipinski definition) is 1. The van der Waals surface area contributed by atoms with E-state index < -0.39 is 0 Å². The van der Waals surface area contributed by atoms with Gasteiger partial charge in [-0.1, -0.05) is 27.7 Å². The third-order valence-electron chi connectivity index (χ3n) is 5.24. The Balaban J connectivity index is 1.63. The second kappa shape index (κ2) is 4.23. The van der Waals surface area contributed by atoms with E-state index in [-0.39, 0.29) is 0 Å². The molecule has 0 aromatic heterocycles. The molecule has 0 heterocycles. The Labute approximate surface area is 113 Å². The van der Waals surface area contributed by atoms with Crippen molar-refractivity contribution in [3.63, 3.8) is 0 Å². The maximum absolute atomic E-state index is 4.09. The molecule has 1 heteroatoms. The maximum Gasteiger partial charge on any atom is 0.0126 e. The monoisotopic (exact) mass is 249 g/mol.